The van der Waals surface area contributed by atoms with Crippen molar-refractivity contribution >= 4 is 86.6 Å². The molecule has 4 aliphatic rings. The number of carboxylic acids is 1. The molecule has 5 heterocycles. The monoisotopic (exact) mass is 854 g/mol. The van der Waals surface area contributed by atoms with Gasteiger partial charge in [-0.1, -0.05) is 43.7 Å². The molecule has 0 aromatic carbocycles. The van der Waals surface area contributed by atoms with E-state index in [0.717, 1.165) is 88.6 Å². The second-order valence-corrected chi connectivity index (χ2v) is 20.8. The van der Waals surface area contributed by atoms with Crippen LogP contribution in [0.4, 0.5) is 5.82 Å². The van der Waals surface area contributed by atoms with Crippen LogP contribution in [0.1, 0.15) is 77.0 Å². The first-order valence-electron chi connectivity index (χ1n) is 16.5. The molecule has 0 radical (unpaired) electrons. The summed E-state index contributed by atoms with van der Waals surface area (Å²) in [6.07, 6.45) is 12.4. The Morgan fingerprint density at radius 3 is 2.15 bits per heavy atom. The molecule has 6 rings (SSSR count). The largest absolute Gasteiger partial charge is 0.480 e. The lowest BCUT2D eigenvalue weighted by Gasteiger charge is -2.34. The Kier molecular flexibility index (Phi) is 11.3. The van der Waals surface area contributed by atoms with E-state index < -0.39 is 32.1 Å². The molecule has 1 N–H and O–H groups in total. The molecule has 1 saturated carbocycles. The van der Waals surface area contributed by atoms with E-state index in [1.807, 2.05) is 0 Å². The van der Waals surface area contributed by atoms with E-state index in [1.165, 1.54) is 10.5 Å². The van der Waals surface area contributed by atoms with Crippen LogP contribution in [0.2, 0.25) is 4.34 Å². The first-order chi connectivity index (χ1) is 22.4. The van der Waals surface area contributed by atoms with Gasteiger partial charge < -0.3 is 10.0 Å². The number of pyridine rings is 1. The van der Waals surface area contributed by atoms with E-state index in [1.54, 1.807) is 16.4 Å². The van der Waals surface area contributed by atoms with Crippen molar-refractivity contribution in [2.45, 2.75) is 98.2 Å². The highest BCUT2D eigenvalue weighted by Crippen LogP contribution is 2.43. The summed E-state index contributed by atoms with van der Waals surface area (Å²) in [5.41, 5.74) is 0. The van der Waals surface area contributed by atoms with Gasteiger partial charge in [0.1, 0.15) is 25.3 Å². The standard InChI is InChI=1S/C31H41Br2ClN4O6S3/c32-24-18-28(45-29(24)34)47(43,44)37-14-10-21(11-15-37)5-3-4-20-8-12-36(13-9-20)30-25(33)17-23(19-35-30)46(41,42)38-26-7-2-1-6-22(26)16-27(38)31(39)40/h17-22,26-27H,1-16H2,(H,39,40). The van der Waals surface area contributed by atoms with Gasteiger partial charge in [0.2, 0.25) is 10.0 Å². The Bertz CT molecular complexity index is 1660. The molecular formula is C31H41Br2ClN4O6S3. The molecule has 2 aromatic heterocycles. The molecule has 2 aromatic rings. The summed E-state index contributed by atoms with van der Waals surface area (Å²) in [5, 5.41) is 9.87. The quantitative estimate of drug-likeness (QED) is 0.266. The lowest BCUT2D eigenvalue weighted by Crippen LogP contribution is -2.46. The molecule has 3 aliphatic heterocycles. The Balaban J connectivity index is 0.975. The van der Waals surface area contributed by atoms with E-state index in [-0.39, 0.29) is 21.1 Å². The van der Waals surface area contributed by atoms with Gasteiger partial charge in [-0.25, -0.2) is 21.8 Å². The number of sulfonamides is 2. The lowest BCUT2D eigenvalue weighted by molar-refractivity contribution is -0.141. The zero-order valence-electron chi connectivity index (χ0n) is 26.1. The predicted molar refractivity (Wildman–Crippen MR) is 190 cm³/mol. The molecule has 0 spiro atoms. The SMILES string of the molecule is O=C(O)C1CC2CCCCC2N1S(=O)(=O)c1cnc(N2CCC(CCCC3CCN(S(=O)(=O)c4cc(Br)c(Cl)s4)CC3)CC2)c(Br)c1. The maximum Gasteiger partial charge on any atom is 0.322 e. The molecule has 0 bridgehead atoms. The van der Waals surface area contributed by atoms with Gasteiger partial charge in [0, 0.05) is 42.9 Å². The summed E-state index contributed by atoms with van der Waals surface area (Å²) in [5.74, 6) is 0.866. The fourth-order valence-electron chi connectivity index (χ4n) is 8.03. The number of aliphatic carboxylic acids is 1. The van der Waals surface area contributed by atoms with Gasteiger partial charge in [-0.3, -0.25) is 4.79 Å². The topological polar surface area (TPSA) is 128 Å². The highest BCUT2D eigenvalue weighted by Gasteiger charge is 2.51. The van der Waals surface area contributed by atoms with Crippen molar-refractivity contribution in [1.82, 2.24) is 13.6 Å². The molecular weight excluding hydrogens is 816 g/mol. The van der Waals surface area contributed by atoms with Crippen LogP contribution >= 0.6 is 54.8 Å². The third kappa shape index (κ3) is 7.62. The van der Waals surface area contributed by atoms with Crippen LogP contribution in [-0.4, -0.2) is 79.8 Å². The third-order valence-corrected chi connectivity index (χ3v) is 17.9. The Hall–Kier alpha value is -0.810. The van der Waals surface area contributed by atoms with Gasteiger partial charge in [0.15, 0.2) is 0 Å². The summed E-state index contributed by atoms with van der Waals surface area (Å²) < 4.78 is 58.4. The molecule has 47 heavy (non-hydrogen) atoms. The van der Waals surface area contributed by atoms with Crippen molar-refractivity contribution in [2.75, 3.05) is 31.1 Å². The average molecular weight is 857 g/mol. The van der Waals surface area contributed by atoms with Crippen molar-refractivity contribution in [3.63, 3.8) is 0 Å². The number of aromatic nitrogens is 1. The van der Waals surface area contributed by atoms with Crippen LogP contribution < -0.4 is 4.90 Å². The number of nitrogens with zero attached hydrogens (tertiary/aromatic N) is 4. The molecule has 0 amide bonds. The summed E-state index contributed by atoms with van der Waals surface area (Å²) in [7, 11) is -7.53. The normalized spacial score (nSPS) is 25.7. The van der Waals surface area contributed by atoms with Gasteiger partial charge in [-0.05, 0) is 107 Å². The molecule has 4 fully saturated rings. The summed E-state index contributed by atoms with van der Waals surface area (Å²) in [4.78, 5) is 18.9. The number of hydrogen-bond donors (Lipinski definition) is 1. The van der Waals surface area contributed by atoms with Crippen LogP contribution in [0, 0.1) is 17.8 Å². The maximum absolute atomic E-state index is 13.8. The Labute approximate surface area is 303 Å². The van der Waals surface area contributed by atoms with E-state index in [4.69, 9.17) is 11.6 Å². The van der Waals surface area contributed by atoms with E-state index in [2.05, 4.69) is 41.7 Å². The average Bonchev–Trinajstić information content (AvgIpc) is 3.62. The molecule has 10 nitrogen and oxygen atoms in total. The lowest BCUT2D eigenvalue weighted by atomic mass is 9.85. The summed E-state index contributed by atoms with van der Waals surface area (Å²) in [6, 6.07) is 1.88. The minimum Gasteiger partial charge on any atom is -0.480 e. The summed E-state index contributed by atoms with van der Waals surface area (Å²) >= 11 is 14.1. The minimum absolute atomic E-state index is 0.0351. The highest BCUT2D eigenvalue weighted by atomic mass is 79.9. The second-order valence-electron chi connectivity index (χ2n) is 13.4. The van der Waals surface area contributed by atoms with Gasteiger partial charge >= 0.3 is 5.97 Å². The first kappa shape index (κ1) is 36.0. The molecule has 1 aliphatic carbocycles. The number of anilines is 1. The van der Waals surface area contributed by atoms with Gasteiger partial charge in [-0.2, -0.15) is 8.61 Å². The highest BCUT2D eigenvalue weighted by molar-refractivity contribution is 9.11. The first-order valence-corrected chi connectivity index (χ1v) is 22.1. The van der Waals surface area contributed by atoms with Crippen molar-refractivity contribution < 1.29 is 26.7 Å². The molecule has 3 saturated heterocycles. The Morgan fingerprint density at radius 2 is 1.55 bits per heavy atom. The van der Waals surface area contributed by atoms with Crippen molar-refractivity contribution in [3.05, 3.63) is 31.6 Å². The van der Waals surface area contributed by atoms with E-state index in [0.29, 0.717) is 56.9 Å². The number of carboxylic acid groups (broad SMARTS) is 1. The van der Waals surface area contributed by atoms with Crippen LogP contribution in [-0.2, 0) is 24.8 Å². The molecule has 260 valence electrons. The smallest absolute Gasteiger partial charge is 0.322 e. The fraction of sp³-hybridized carbons (Fsp3) is 0.677. The van der Waals surface area contributed by atoms with Crippen LogP contribution in [0.5, 0.6) is 0 Å². The third-order valence-electron chi connectivity index (χ3n) is 10.6. The van der Waals surface area contributed by atoms with Crippen molar-refractivity contribution in [3.8, 4) is 0 Å². The molecule has 3 unspecified atom stereocenters. The predicted octanol–water partition coefficient (Wildman–Crippen LogP) is 7.22. The number of fused-ring (bicyclic) bond motifs is 1. The van der Waals surface area contributed by atoms with Crippen molar-refractivity contribution in [2.24, 2.45) is 17.8 Å². The molecule has 16 heteroatoms. The van der Waals surface area contributed by atoms with Crippen LogP contribution in [0.3, 0.4) is 0 Å². The van der Waals surface area contributed by atoms with E-state index >= 15 is 0 Å². The van der Waals surface area contributed by atoms with Gasteiger partial charge in [-0.15, -0.1) is 11.3 Å². The Morgan fingerprint density at radius 1 is 0.915 bits per heavy atom. The van der Waals surface area contributed by atoms with Crippen LogP contribution in [0.15, 0.2) is 36.4 Å². The summed E-state index contributed by atoms with van der Waals surface area (Å²) in [6.45, 7) is 2.75. The number of carbonyl (C=O) groups is 1. The molecule has 3 atom stereocenters. The number of thiophene rings is 1. The van der Waals surface area contributed by atoms with Gasteiger partial charge in [0.25, 0.3) is 10.0 Å². The number of halogens is 3. The van der Waals surface area contributed by atoms with Gasteiger partial charge in [0.05, 0.1) is 4.47 Å². The second kappa shape index (κ2) is 14.8. The number of piperidine rings is 2. The minimum atomic E-state index is -4.02. The van der Waals surface area contributed by atoms with Crippen LogP contribution in [0.25, 0.3) is 0 Å². The number of rotatable bonds is 10. The zero-order valence-corrected chi connectivity index (χ0v) is 32.4. The fourth-order valence-corrected chi connectivity index (χ4v) is 14.6. The van der Waals surface area contributed by atoms with Crippen molar-refractivity contribution in [1.29, 1.82) is 0 Å². The number of hydrogen-bond acceptors (Lipinski definition) is 8. The van der Waals surface area contributed by atoms with E-state index in [9.17, 15) is 26.7 Å². The maximum atomic E-state index is 13.8. The zero-order chi connectivity index (χ0) is 33.5.